The van der Waals surface area contributed by atoms with E-state index in [0.29, 0.717) is 0 Å². The molecular weight excluding hydrogens is 202 g/mol. The molecule has 2 rings (SSSR count). The second-order valence-corrected chi connectivity index (χ2v) is 5.77. The van der Waals surface area contributed by atoms with Gasteiger partial charge in [-0.1, -0.05) is 0 Å². The maximum atomic E-state index is 9.78. The van der Waals surface area contributed by atoms with Crippen LogP contribution in [0.25, 0.3) is 0 Å². The van der Waals surface area contributed by atoms with Gasteiger partial charge in [0.25, 0.3) is 0 Å². The lowest BCUT2D eigenvalue weighted by Crippen LogP contribution is -2.53. The van der Waals surface area contributed by atoms with Gasteiger partial charge in [0, 0.05) is 45.3 Å². The lowest BCUT2D eigenvalue weighted by molar-refractivity contribution is 0.0123. The summed E-state index contributed by atoms with van der Waals surface area (Å²) in [6.07, 6.45) is 1.30. The fraction of sp³-hybridized carbons (Fsp3) is 1.00. The highest BCUT2D eigenvalue weighted by atomic mass is 16.3. The monoisotopic (exact) mass is 227 g/mol. The molecule has 0 aromatic carbocycles. The summed E-state index contributed by atoms with van der Waals surface area (Å²) in [4.78, 5) is 4.97. The quantitative estimate of drug-likeness (QED) is 0.697. The van der Waals surface area contributed by atoms with Crippen LogP contribution in [0.2, 0.25) is 0 Å². The molecule has 0 bridgehead atoms. The Morgan fingerprint density at radius 1 is 1.25 bits per heavy atom. The standard InChI is InChI=1S/C12H25N3O/c1-12(2,16)10-14-5-7-15(8-6-14)11-3-4-13-9-11/h11,13,16H,3-10H2,1-2H3. The topological polar surface area (TPSA) is 38.7 Å². The van der Waals surface area contributed by atoms with E-state index in [0.717, 1.165) is 45.3 Å². The Bertz CT molecular complexity index is 213. The minimum atomic E-state index is -0.558. The molecule has 2 heterocycles. The maximum Gasteiger partial charge on any atom is 0.0718 e. The van der Waals surface area contributed by atoms with Crippen molar-refractivity contribution in [3.63, 3.8) is 0 Å². The zero-order valence-electron chi connectivity index (χ0n) is 10.6. The van der Waals surface area contributed by atoms with Crippen LogP contribution in [-0.4, -0.2) is 72.4 Å². The molecule has 0 radical (unpaired) electrons. The minimum Gasteiger partial charge on any atom is -0.389 e. The van der Waals surface area contributed by atoms with Crippen molar-refractivity contribution < 1.29 is 5.11 Å². The molecule has 1 unspecified atom stereocenters. The van der Waals surface area contributed by atoms with Gasteiger partial charge in [0.15, 0.2) is 0 Å². The van der Waals surface area contributed by atoms with Crippen molar-refractivity contribution in [2.45, 2.75) is 31.9 Å². The first-order valence-electron chi connectivity index (χ1n) is 6.44. The van der Waals surface area contributed by atoms with Gasteiger partial charge in [-0.15, -0.1) is 0 Å². The maximum absolute atomic E-state index is 9.78. The van der Waals surface area contributed by atoms with Gasteiger partial charge in [0.1, 0.15) is 0 Å². The Kier molecular flexibility index (Phi) is 3.85. The average Bonchev–Trinajstić information content (AvgIpc) is 2.69. The predicted molar refractivity (Wildman–Crippen MR) is 65.6 cm³/mol. The van der Waals surface area contributed by atoms with Crippen molar-refractivity contribution in [2.24, 2.45) is 0 Å². The van der Waals surface area contributed by atoms with E-state index >= 15 is 0 Å². The molecule has 2 saturated heterocycles. The van der Waals surface area contributed by atoms with E-state index < -0.39 is 5.60 Å². The van der Waals surface area contributed by atoms with E-state index in [-0.39, 0.29) is 0 Å². The molecule has 1 atom stereocenters. The average molecular weight is 227 g/mol. The molecule has 2 aliphatic rings. The first-order valence-corrected chi connectivity index (χ1v) is 6.44. The summed E-state index contributed by atoms with van der Waals surface area (Å²) in [5.74, 6) is 0. The fourth-order valence-electron chi connectivity index (χ4n) is 2.78. The van der Waals surface area contributed by atoms with E-state index in [1.807, 2.05) is 13.8 Å². The molecule has 0 amide bonds. The SMILES string of the molecule is CC(C)(O)CN1CCN(C2CCNC2)CC1. The third-order valence-corrected chi connectivity index (χ3v) is 3.57. The van der Waals surface area contributed by atoms with Crippen molar-refractivity contribution in [3.8, 4) is 0 Å². The van der Waals surface area contributed by atoms with Crippen molar-refractivity contribution in [1.82, 2.24) is 15.1 Å². The van der Waals surface area contributed by atoms with E-state index in [1.54, 1.807) is 0 Å². The Hall–Kier alpha value is -0.160. The summed E-state index contributed by atoms with van der Waals surface area (Å²) in [5, 5.41) is 13.2. The number of nitrogens with zero attached hydrogens (tertiary/aromatic N) is 2. The van der Waals surface area contributed by atoms with Crippen LogP contribution in [0.3, 0.4) is 0 Å². The summed E-state index contributed by atoms with van der Waals surface area (Å²) < 4.78 is 0. The molecule has 0 spiro atoms. The third-order valence-electron chi connectivity index (χ3n) is 3.57. The lowest BCUT2D eigenvalue weighted by atomic mass is 10.1. The smallest absolute Gasteiger partial charge is 0.0718 e. The van der Waals surface area contributed by atoms with Crippen molar-refractivity contribution in [1.29, 1.82) is 0 Å². The van der Waals surface area contributed by atoms with Gasteiger partial charge >= 0.3 is 0 Å². The molecule has 2 aliphatic heterocycles. The molecule has 0 aromatic rings. The molecule has 4 heteroatoms. The number of aliphatic hydroxyl groups is 1. The van der Waals surface area contributed by atoms with Crippen molar-refractivity contribution in [3.05, 3.63) is 0 Å². The number of rotatable bonds is 3. The first-order chi connectivity index (χ1) is 7.54. The summed E-state index contributed by atoms with van der Waals surface area (Å²) in [6.45, 7) is 11.4. The van der Waals surface area contributed by atoms with Crippen LogP contribution >= 0.6 is 0 Å². The highest BCUT2D eigenvalue weighted by Gasteiger charge is 2.27. The number of nitrogens with one attached hydrogen (secondary N) is 1. The lowest BCUT2D eigenvalue weighted by Gasteiger charge is -2.39. The summed E-state index contributed by atoms with van der Waals surface area (Å²) in [7, 11) is 0. The molecule has 2 fully saturated rings. The minimum absolute atomic E-state index is 0.558. The summed E-state index contributed by atoms with van der Waals surface area (Å²) >= 11 is 0. The van der Waals surface area contributed by atoms with E-state index in [1.165, 1.54) is 13.0 Å². The van der Waals surface area contributed by atoms with Crippen LogP contribution in [0.1, 0.15) is 20.3 Å². The van der Waals surface area contributed by atoms with E-state index in [9.17, 15) is 5.11 Å². The molecule has 2 N–H and O–H groups in total. The highest BCUT2D eigenvalue weighted by Crippen LogP contribution is 2.13. The highest BCUT2D eigenvalue weighted by molar-refractivity contribution is 4.85. The van der Waals surface area contributed by atoms with Gasteiger partial charge in [0.05, 0.1) is 5.60 Å². The third kappa shape index (κ3) is 3.42. The van der Waals surface area contributed by atoms with Crippen LogP contribution in [0.15, 0.2) is 0 Å². The number of β-amino-alcohol motifs (C(OH)–C–C–N with tert-alkyl or cyclic N) is 1. The Balaban J connectivity index is 1.74. The Labute approximate surface area is 98.6 Å². The van der Waals surface area contributed by atoms with Crippen LogP contribution < -0.4 is 5.32 Å². The van der Waals surface area contributed by atoms with Gasteiger partial charge in [-0.3, -0.25) is 9.80 Å². The van der Waals surface area contributed by atoms with Gasteiger partial charge in [-0.05, 0) is 26.8 Å². The largest absolute Gasteiger partial charge is 0.389 e. The van der Waals surface area contributed by atoms with Crippen molar-refractivity contribution in [2.75, 3.05) is 45.8 Å². The second kappa shape index (κ2) is 5.00. The second-order valence-electron chi connectivity index (χ2n) is 5.77. The number of hydrogen-bond acceptors (Lipinski definition) is 4. The zero-order valence-corrected chi connectivity index (χ0v) is 10.6. The van der Waals surface area contributed by atoms with Crippen LogP contribution in [0.5, 0.6) is 0 Å². The number of hydrogen-bond donors (Lipinski definition) is 2. The molecule has 16 heavy (non-hydrogen) atoms. The van der Waals surface area contributed by atoms with Crippen LogP contribution in [0, 0.1) is 0 Å². The molecule has 94 valence electrons. The van der Waals surface area contributed by atoms with E-state index in [4.69, 9.17) is 0 Å². The van der Waals surface area contributed by atoms with Crippen LogP contribution in [-0.2, 0) is 0 Å². The summed E-state index contributed by atoms with van der Waals surface area (Å²) in [6, 6.07) is 0.754. The van der Waals surface area contributed by atoms with E-state index in [2.05, 4.69) is 15.1 Å². The Morgan fingerprint density at radius 2 is 1.94 bits per heavy atom. The van der Waals surface area contributed by atoms with Gasteiger partial charge < -0.3 is 10.4 Å². The fourth-order valence-corrected chi connectivity index (χ4v) is 2.78. The first kappa shape index (κ1) is 12.3. The van der Waals surface area contributed by atoms with Crippen molar-refractivity contribution >= 4 is 0 Å². The molecule has 0 aliphatic carbocycles. The molecule has 0 aromatic heterocycles. The van der Waals surface area contributed by atoms with Crippen LogP contribution in [0.4, 0.5) is 0 Å². The molecule has 4 nitrogen and oxygen atoms in total. The molecule has 0 saturated carbocycles. The summed E-state index contributed by atoms with van der Waals surface area (Å²) in [5.41, 5.74) is -0.558. The Morgan fingerprint density at radius 3 is 2.44 bits per heavy atom. The number of piperazine rings is 1. The predicted octanol–water partition coefficient (Wildman–Crippen LogP) is -0.263. The normalized spacial score (nSPS) is 29.8. The molecular formula is C12H25N3O. The van der Waals surface area contributed by atoms with Gasteiger partial charge in [-0.25, -0.2) is 0 Å². The zero-order chi connectivity index (χ0) is 11.6. The van der Waals surface area contributed by atoms with Gasteiger partial charge in [-0.2, -0.15) is 0 Å². The van der Waals surface area contributed by atoms with Gasteiger partial charge in [0.2, 0.25) is 0 Å².